The zero-order valence-electron chi connectivity index (χ0n) is 20.7. The highest BCUT2D eigenvalue weighted by molar-refractivity contribution is 7.99. The number of ether oxygens (including phenoxy) is 2. The molecule has 0 atom stereocenters. The highest BCUT2D eigenvalue weighted by atomic mass is 32.2. The Morgan fingerprint density at radius 1 is 0.886 bits per heavy atom. The molecule has 35 heavy (non-hydrogen) atoms. The first kappa shape index (κ1) is 24.3. The van der Waals surface area contributed by atoms with Crippen LogP contribution in [0.4, 0.5) is 0 Å². The number of para-hydroxylation sites is 1. The van der Waals surface area contributed by atoms with Crippen LogP contribution in [-0.4, -0.2) is 35.5 Å². The monoisotopic (exact) mass is 490 g/mol. The second-order valence-corrected chi connectivity index (χ2v) is 11.1. The molecule has 2 aliphatic rings. The van der Waals surface area contributed by atoms with Crippen LogP contribution in [0.5, 0.6) is 23.0 Å². The number of benzene rings is 3. The molecule has 0 radical (unpaired) electrons. The van der Waals surface area contributed by atoms with Gasteiger partial charge in [0.25, 0.3) is 0 Å². The number of rotatable bonds is 4. The lowest BCUT2D eigenvalue weighted by molar-refractivity contribution is 0.00578. The lowest BCUT2D eigenvalue weighted by atomic mass is 9.77. The molecule has 1 fully saturated rings. The molecule has 0 bridgehead atoms. The Bertz CT molecular complexity index is 1270. The van der Waals surface area contributed by atoms with Gasteiger partial charge >= 0.3 is 14.2 Å². The lowest BCUT2D eigenvalue weighted by Crippen LogP contribution is -2.41. The highest BCUT2D eigenvalue weighted by Crippen LogP contribution is 2.48. The van der Waals surface area contributed by atoms with E-state index in [0.29, 0.717) is 22.7 Å². The standard InChI is InChI=1S/C26H28B2O6S/c1-15-12-17(28-33-25(3,4)26(5,6)34-28)13-16(2)23(15)31-18-10-11-21-20(14-18)32-24-19(27(29)30)8-7-9-22(24)35-21/h7-14,29-30H,1-6H3. The van der Waals surface area contributed by atoms with Gasteiger partial charge < -0.3 is 28.8 Å². The molecular weight excluding hydrogens is 462 g/mol. The largest absolute Gasteiger partial charge is 0.494 e. The Balaban J connectivity index is 1.40. The van der Waals surface area contributed by atoms with Gasteiger partial charge in [0, 0.05) is 11.5 Å². The number of hydrogen-bond acceptors (Lipinski definition) is 7. The molecule has 9 heteroatoms. The van der Waals surface area contributed by atoms with E-state index >= 15 is 0 Å². The summed E-state index contributed by atoms with van der Waals surface area (Å²) >= 11 is 1.52. The maximum atomic E-state index is 9.72. The molecule has 0 amide bonds. The Morgan fingerprint density at radius 2 is 1.54 bits per heavy atom. The minimum atomic E-state index is -1.61. The molecule has 1 saturated heterocycles. The van der Waals surface area contributed by atoms with E-state index in [9.17, 15) is 10.0 Å². The third kappa shape index (κ3) is 4.36. The molecule has 2 heterocycles. The predicted molar refractivity (Wildman–Crippen MR) is 139 cm³/mol. The normalized spacial score (nSPS) is 17.4. The van der Waals surface area contributed by atoms with Crippen molar-refractivity contribution in [2.24, 2.45) is 0 Å². The first-order valence-corrected chi connectivity index (χ1v) is 12.4. The maximum absolute atomic E-state index is 9.72. The Kier molecular flexibility index (Phi) is 5.97. The van der Waals surface area contributed by atoms with Crippen molar-refractivity contribution in [3.05, 3.63) is 59.7 Å². The van der Waals surface area contributed by atoms with E-state index in [1.54, 1.807) is 12.1 Å². The smallest absolute Gasteiger partial charge is 0.457 e. The summed E-state index contributed by atoms with van der Waals surface area (Å²) in [5.41, 5.74) is 2.43. The molecule has 5 rings (SSSR count). The van der Waals surface area contributed by atoms with E-state index < -0.39 is 25.4 Å². The van der Waals surface area contributed by atoms with Gasteiger partial charge in [0.15, 0.2) is 0 Å². The van der Waals surface area contributed by atoms with E-state index in [0.717, 1.165) is 32.1 Å². The molecule has 6 nitrogen and oxygen atoms in total. The predicted octanol–water partition coefficient (Wildman–Crippen LogP) is 4.33. The molecule has 0 spiro atoms. The molecule has 0 aromatic heterocycles. The summed E-state index contributed by atoms with van der Waals surface area (Å²) in [4.78, 5) is 1.76. The molecular formula is C26H28B2O6S. The molecule has 3 aromatic carbocycles. The fourth-order valence-electron chi connectivity index (χ4n) is 4.25. The van der Waals surface area contributed by atoms with Gasteiger partial charge in [-0.05, 0) is 76.3 Å². The summed E-state index contributed by atoms with van der Waals surface area (Å²) in [5.74, 6) is 2.46. The fourth-order valence-corrected chi connectivity index (χ4v) is 5.22. The van der Waals surface area contributed by atoms with Gasteiger partial charge in [0.05, 0.1) is 21.0 Å². The molecule has 2 N–H and O–H groups in total. The van der Waals surface area contributed by atoms with Crippen LogP contribution in [0.2, 0.25) is 0 Å². The van der Waals surface area contributed by atoms with Crippen LogP contribution < -0.4 is 20.4 Å². The minimum Gasteiger partial charge on any atom is -0.457 e. The zero-order chi connectivity index (χ0) is 25.1. The van der Waals surface area contributed by atoms with Crippen molar-refractivity contribution in [3.63, 3.8) is 0 Å². The van der Waals surface area contributed by atoms with Crippen LogP contribution in [-0.2, 0) is 9.31 Å². The SMILES string of the molecule is Cc1cc(B2OC(C)(C)C(C)(C)O2)cc(C)c1Oc1ccc2c(c1)Oc1c(cccc1B(O)O)S2. The van der Waals surface area contributed by atoms with Crippen LogP contribution >= 0.6 is 11.8 Å². The number of fused-ring (bicyclic) bond motifs is 2. The van der Waals surface area contributed by atoms with Crippen LogP contribution in [0.15, 0.2) is 58.3 Å². The van der Waals surface area contributed by atoms with Crippen molar-refractivity contribution in [3.8, 4) is 23.0 Å². The number of aryl methyl sites for hydroxylation is 2. The fraction of sp³-hybridized carbons (Fsp3) is 0.308. The summed E-state index contributed by atoms with van der Waals surface area (Å²) < 4.78 is 24.8. The molecule has 180 valence electrons. The van der Waals surface area contributed by atoms with Crippen molar-refractivity contribution in [2.75, 3.05) is 0 Å². The van der Waals surface area contributed by atoms with Crippen LogP contribution in [0, 0.1) is 13.8 Å². The van der Waals surface area contributed by atoms with Crippen LogP contribution in [0.3, 0.4) is 0 Å². The van der Waals surface area contributed by atoms with Gasteiger partial charge in [0.2, 0.25) is 0 Å². The Hall–Kier alpha value is -2.42. The molecule has 0 aliphatic carbocycles. The summed E-state index contributed by atoms with van der Waals surface area (Å²) in [5, 5.41) is 19.4. The van der Waals surface area contributed by atoms with Crippen LogP contribution in [0.25, 0.3) is 0 Å². The highest BCUT2D eigenvalue weighted by Gasteiger charge is 2.51. The van der Waals surface area contributed by atoms with E-state index in [-0.39, 0.29) is 0 Å². The van der Waals surface area contributed by atoms with Gasteiger partial charge in [0.1, 0.15) is 23.0 Å². The van der Waals surface area contributed by atoms with Gasteiger partial charge in [-0.25, -0.2) is 0 Å². The van der Waals surface area contributed by atoms with Crippen LogP contribution in [0.1, 0.15) is 38.8 Å². The van der Waals surface area contributed by atoms with Crippen molar-refractivity contribution in [1.29, 1.82) is 0 Å². The van der Waals surface area contributed by atoms with E-state index in [1.165, 1.54) is 11.8 Å². The second kappa shape index (κ2) is 8.61. The van der Waals surface area contributed by atoms with Crippen molar-refractivity contribution in [1.82, 2.24) is 0 Å². The summed E-state index contributed by atoms with van der Waals surface area (Å²) in [7, 11) is -2.05. The lowest BCUT2D eigenvalue weighted by Gasteiger charge is -2.32. The minimum absolute atomic E-state index is 0.331. The van der Waals surface area contributed by atoms with Gasteiger partial charge in [-0.2, -0.15) is 0 Å². The summed E-state index contributed by atoms with van der Waals surface area (Å²) in [6.07, 6.45) is 0. The van der Waals surface area contributed by atoms with Crippen molar-refractivity contribution >= 4 is 36.9 Å². The topological polar surface area (TPSA) is 77.4 Å². The first-order valence-electron chi connectivity index (χ1n) is 11.6. The first-order chi connectivity index (χ1) is 16.4. The van der Waals surface area contributed by atoms with E-state index in [2.05, 4.69) is 0 Å². The van der Waals surface area contributed by atoms with Crippen molar-refractivity contribution < 1.29 is 28.8 Å². The average molecular weight is 490 g/mol. The van der Waals surface area contributed by atoms with Gasteiger partial charge in [-0.15, -0.1) is 0 Å². The van der Waals surface area contributed by atoms with E-state index in [4.69, 9.17) is 18.8 Å². The zero-order valence-corrected chi connectivity index (χ0v) is 21.5. The molecule has 2 aliphatic heterocycles. The summed E-state index contributed by atoms with van der Waals surface area (Å²) in [6.45, 7) is 12.2. The maximum Gasteiger partial charge on any atom is 0.494 e. The Morgan fingerprint density at radius 3 is 2.17 bits per heavy atom. The third-order valence-corrected chi connectivity index (χ3v) is 7.96. The van der Waals surface area contributed by atoms with Crippen molar-refractivity contribution in [2.45, 2.75) is 62.5 Å². The van der Waals surface area contributed by atoms with E-state index in [1.807, 2.05) is 77.9 Å². The molecule has 3 aromatic rings. The third-order valence-electron chi connectivity index (χ3n) is 6.86. The second-order valence-electron chi connectivity index (χ2n) is 10.0. The van der Waals surface area contributed by atoms with Gasteiger partial charge in [-0.1, -0.05) is 36.0 Å². The average Bonchev–Trinajstić information content (AvgIpc) is 3.01. The number of hydrogen-bond donors (Lipinski definition) is 2. The summed E-state index contributed by atoms with van der Waals surface area (Å²) in [6, 6.07) is 15.1. The van der Waals surface area contributed by atoms with Gasteiger partial charge in [-0.3, -0.25) is 0 Å². The molecule has 0 saturated carbocycles. The molecule has 0 unspecified atom stereocenters. The Labute approximate surface area is 210 Å². The quantitative estimate of drug-likeness (QED) is 0.413.